The van der Waals surface area contributed by atoms with E-state index in [-0.39, 0.29) is 5.91 Å². The van der Waals surface area contributed by atoms with Gasteiger partial charge in [0.15, 0.2) is 0 Å². The van der Waals surface area contributed by atoms with Crippen LogP contribution in [-0.2, 0) is 11.2 Å². The van der Waals surface area contributed by atoms with E-state index in [4.69, 9.17) is 5.73 Å². The first-order valence-electron chi connectivity index (χ1n) is 6.71. The third-order valence-electron chi connectivity index (χ3n) is 3.56. The van der Waals surface area contributed by atoms with Gasteiger partial charge in [-0.2, -0.15) is 0 Å². The standard InChI is InChI=1S/C15H22N2O/c1-17(10-9-12-7-8-12)15(18)14(16)11-13-5-3-2-4-6-13/h2-6,12,14H,7-11,16H2,1H3/t14-/m0/s1. The Morgan fingerprint density at radius 1 is 1.39 bits per heavy atom. The Kier molecular flexibility index (Phi) is 4.37. The molecule has 0 radical (unpaired) electrons. The number of carbonyl (C=O) groups is 1. The summed E-state index contributed by atoms with van der Waals surface area (Å²) in [5, 5.41) is 0. The van der Waals surface area contributed by atoms with E-state index in [1.807, 2.05) is 37.4 Å². The van der Waals surface area contributed by atoms with Crippen molar-refractivity contribution in [2.45, 2.75) is 31.7 Å². The highest BCUT2D eigenvalue weighted by molar-refractivity contribution is 5.81. The van der Waals surface area contributed by atoms with E-state index < -0.39 is 6.04 Å². The van der Waals surface area contributed by atoms with E-state index in [9.17, 15) is 4.79 Å². The maximum absolute atomic E-state index is 12.1. The fourth-order valence-corrected chi connectivity index (χ4v) is 2.13. The van der Waals surface area contributed by atoms with Crippen LogP contribution in [0, 0.1) is 5.92 Å². The van der Waals surface area contributed by atoms with Gasteiger partial charge in [-0.25, -0.2) is 0 Å². The number of likely N-dealkylation sites (N-methyl/N-ethyl adjacent to an activating group) is 1. The number of carbonyl (C=O) groups excluding carboxylic acids is 1. The number of nitrogens with zero attached hydrogens (tertiary/aromatic N) is 1. The summed E-state index contributed by atoms with van der Waals surface area (Å²) in [4.78, 5) is 13.9. The molecule has 0 unspecified atom stereocenters. The lowest BCUT2D eigenvalue weighted by Gasteiger charge is -2.21. The molecule has 98 valence electrons. The third kappa shape index (κ3) is 3.84. The van der Waals surface area contributed by atoms with Crippen LogP contribution in [0.2, 0.25) is 0 Å². The SMILES string of the molecule is CN(CCC1CC1)C(=O)[C@@H](N)Cc1ccccc1. The summed E-state index contributed by atoms with van der Waals surface area (Å²) in [6, 6.07) is 9.52. The molecule has 1 saturated carbocycles. The Morgan fingerprint density at radius 2 is 2.06 bits per heavy atom. The van der Waals surface area contributed by atoms with Crippen LogP contribution in [0.5, 0.6) is 0 Å². The summed E-state index contributed by atoms with van der Waals surface area (Å²) in [5.74, 6) is 0.908. The molecule has 1 fully saturated rings. The first-order chi connectivity index (χ1) is 8.66. The fourth-order valence-electron chi connectivity index (χ4n) is 2.13. The second-order valence-electron chi connectivity index (χ2n) is 5.29. The van der Waals surface area contributed by atoms with Gasteiger partial charge in [0, 0.05) is 13.6 Å². The highest BCUT2D eigenvalue weighted by Crippen LogP contribution is 2.32. The third-order valence-corrected chi connectivity index (χ3v) is 3.56. The molecule has 3 nitrogen and oxygen atoms in total. The zero-order chi connectivity index (χ0) is 13.0. The molecule has 1 aliphatic rings. The number of hydrogen-bond donors (Lipinski definition) is 1. The van der Waals surface area contributed by atoms with E-state index in [1.54, 1.807) is 4.90 Å². The summed E-state index contributed by atoms with van der Waals surface area (Å²) in [7, 11) is 1.86. The average molecular weight is 246 g/mol. The van der Waals surface area contributed by atoms with Crippen molar-refractivity contribution in [1.29, 1.82) is 0 Å². The van der Waals surface area contributed by atoms with Gasteiger partial charge in [0.1, 0.15) is 0 Å². The Hall–Kier alpha value is -1.35. The van der Waals surface area contributed by atoms with Gasteiger partial charge < -0.3 is 10.6 Å². The van der Waals surface area contributed by atoms with Crippen LogP contribution in [0.4, 0.5) is 0 Å². The monoisotopic (exact) mass is 246 g/mol. The molecule has 1 amide bonds. The van der Waals surface area contributed by atoms with Crippen molar-refractivity contribution in [2.75, 3.05) is 13.6 Å². The van der Waals surface area contributed by atoms with Gasteiger partial charge >= 0.3 is 0 Å². The van der Waals surface area contributed by atoms with Crippen LogP contribution in [-0.4, -0.2) is 30.4 Å². The maximum Gasteiger partial charge on any atom is 0.239 e. The lowest BCUT2D eigenvalue weighted by Crippen LogP contribution is -2.43. The molecule has 1 aliphatic carbocycles. The van der Waals surface area contributed by atoms with Gasteiger partial charge in [-0.15, -0.1) is 0 Å². The van der Waals surface area contributed by atoms with Crippen molar-refractivity contribution >= 4 is 5.91 Å². The number of rotatable bonds is 6. The topological polar surface area (TPSA) is 46.3 Å². The molecule has 0 bridgehead atoms. The molecule has 1 aromatic carbocycles. The van der Waals surface area contributed by atoms with E-state index in [2.05, 4.69) is 0 Å². The number of benzene rings is 1. The molecule has 0 saturated heterocycles. The van der Waals surface area contributed by atoms with Crippen LogP contribution >= 0.6 is 0 Å². The first kappa shape index (κ1) is 13.1. The van der Waals surface area contributed by atoms with Crippen molar-refractivity contribution < 1.29 is 4.79 Å². The minimum absolute atomic E-state index is 0.0551. The highest BCUT2D eigenvalue weighted by atomic mass is 16.2. The molecule has 0 heterocycles. The van der Waals surface area contributed by atoms with E-state index in [0.717, 1.165) is 24.4 Å². The summed E-state index contributed by atoms with van der Waals surface area (Å²) in [5.41, 5.74) is 7.10. The molecular formula is C15H22N2O. The van der Waals surface area contributed by atoms with Crippen LogP contribution in [0.25, 0.3) is 0 Å². The maximum atomic E-state index is 12.1. The molecule has 18 heavy (non-hydrogen) atoms. The molecule has 1 aromatic rings. The van der Waals surface area contributed by atoms with Crippen molar-refractivity contribution in [2.24, 2.45) is 11.7 Å². The average Bonchev–Trinajstić information content (AvgIpc) is 3.20. The van der Waals surface area contributed by atoms with Crippen LogP contribution < -0.4 is 5.73 Å². The summed E-state index contributed by atoms with van der Waals surface area (Å²) in [6.45, 7) is 0.839. The zero-order valence-electron chi connectivity index (χ0n) is 11.0. The van der Waals surface area contributed by atoms with Gasteiger partial charge in [-0.3, -0.25) is 4.79 Å². The molecule has 0 spiro atoms. The minimum Gasteiger partial charge on any atom is -0.344 e. The molecule has 1 atom stereocenters. The predicted molar refractivity (Wildman–Crippen MR) is 73.1 cm³/mol. The zero-order valence-corrected chi connectivity index (χ0v) is 11.0. The van der Waals surface area contributed by atoms with E-state index >= 15 is 0 Å². The number of nitrogens with two attached hydrogens (primary N) is 1. The molecule has 0 aliphatic heterocycles. The normalized spacial score (nSPS) is 16.3. The van der Waals surface area contributed by atoms with Crippen molar-refractivity contribution in [1.82, 2.24) is 4.90 Å². The molecular weight excluding hydrogens is 224 g/mol. The predicted octanol–water partition coefficient (Wildman–Crippen LogP) is 1.81. The largest absolute Gasteiger partial charge is 0.344 e. The summed E-state index contributed by atoms with van der Waals surface area (Å²) in [6.07, 6.45) is 4.41. The van der Waals surface area contributed by atoms with Crippen molar-refractivity contribution in [3.63, 3.8) is 0 Å². The lowest BCUT2D eigenvalue weighted by atomic mass is 10.1. The van der Waals surface area contributed by atoms with Gasteiger partial charge in [0.25, 0.3) is 0 Å². The number of amides is 1. The molecule has 2 rings (SSSR count). The number of hydrogen-bond acceptors (Lipinski definition) is 2. The summed E-state index contributed by atoms with van der Waals surface area (Å²) >= 11 is 0. The van der Waals surface area contributed by atoms with E-state index in [1.165, 1.54) is 12.8 Å². The van der Waals surface area contributed by atoms with E-state index in [0.29, 0.717) is 6.42 Å². The Balaban J connectivity index is 1.79. The first-order valence-corrected chi connectivity index (χ1v) is 6.71. The van der Waals surface area contributed by atoms with Gasteiger partial charge in [0.2, 0.25) is 5.91 Å². The quantitative estimate of drug-likeness (QED) is 0.832. The van der Waals surface area contributed by atoms with Gasteiger partial charge in [-0.05, 0) is 24.3 Å². The minimum atomic E-state index is -0.420. The Labute approximate surface area is 109 Å². The second-order valence-corrected chi connectivity index (χ2v) is 5.29. The molecule has 2 N–H and O–H groups in total. The van der Waals surface area contributed by atoms with Crippen molar-refractivity contribution in [3.05, 3.63) is 35.9 Å². The lowest BCUT2D eigenvalue weighted by molar-refractivity contribution is -0.131. The van der Waals surface area contributed by atoms with Gasteiger partial charge in [-0.1, -0.05) is 43.2 Å². The Morgan fingerprint density at radius 3 is 2.67 bits per heavy atom. The van der Waals surface area contributed by atoms with Crippen molar-refractivity contribution in [3.8, 4) is 0 Å². The summed E-state index contributed by atoms with van der Waals surface area (Å²) < 4.78 is 0. The van der Waals surface area contributed by atoms with Crippen LogP contribution in [0.1, 0.15) is 24.8 Å². The van der Waals surface area contributed by atoms with Gasteiger partial charge in [0.05, 0.1) is 6.04 Å². The second kappa shape index (κ2) is 6.01. The van der Waals surface area contributed by atoms with Crippen LogP contribution in [0.3, 0.4) is 0 Å². The fraction of sp³-hybridized carbons (Fsp3) is 0.533. The molecule has 3 heteroatoms. The van der Waals surface area contributed by atoms with Crippen LogP contribution in [0.15, 0.2) is 30.3 Å². The Bertz CT molecular complexity index is 387. The highest BCUT2D eigenvalue weighted by Gasteiger charge is 2.24. The smallest absolute Gasteiger partial charge is 0.239 e. The molecule has 0 aromatic heterocycles.